The smallest absolute Gasteiger partial charge is 0.302 e. The zero-order valence-electron chi connectivity index (χ0n) is 21.8. The Hall–Kier alpha value is -1.77. The summed E-state index contributed by atoms with van der Waals surface area (Å²) in [6.07, 6.45) is -0.777. The molecule has 0 radical (unpaired) electrons. The highest BCUT2D eigenvalue weighted by Crippen LogP contribution is 2.74. The Morgan fingerprint density at radius 1 is 1.06 bits per heavy atom. The van der Waals surface area contributed by atoms with Gasteiger partial charge in [-0.3, -0.25) is 14.4 Å². The number of Topliss-reactive ketones (excluding diaryl/α,β-unsaturated/α-hetero) is 1. The van der Waals surface area contributed by atoms with Crippen LogP contribution in [0.2, 0.25) is 0 Å². The van der Waals surface area contributed by atoms with Crippen molar-refractivity contribution < 1.29 is 38.4 Å². The summed E-state index contributed by atoms with van der Waals surface area (Å²) in [4.78, 5) is 38.8. The Kier molecular flexibility index (Phi) is 5.10. The number of fused-ring (bicyclic) bond motifs is 2. The summed E-state index contributed by atoms with van der Waals surface area (Å²) in [6.45, 7) is 16.8. The average Bonchev–Trinajstić information content (AvgIpc) is 2.81. The maximum absolute atomic E-state index is 14.2. The monoisotopic (exact) mass is 490 g/mol. The van der Waals surface area contributed by atoms with E-state index in [1.165, 1.54) is 13.8 Å². The molecule has 35 heavy (non-hydrogen) atoms. The number of carbonyl (C=O) groups is 3. The molecule has 0 aromatic heterocycles. The van der Waals surface area contributed by atoms with Crippen molar-refractivity contribution in [1.82, 2.24) is 0 Å². The fourth-order valence-corrected chi connectivity index (χ4v) is 8.99. The Morgan fingerprint density at radius 2 is 1.69 bits per heavy atom. The molecule has 1 heterocycles. The lowest BCUT2D eigenvalue weighted by molar-refractivity contribution is -0.406. The van der Waals surface area contributed by atoms with E-state index in [2.05, 4.69) is 27.4 Å². The first-order chi connectivity index (χ1) is 16.0. The molecule has 4 saturated carbocycles. The van der Waals surface area contributed by atoms with E-state index >= 15 is 0 Å². The average molecular weight is 491 g/mol. The number of ketones is 1. The van der Waals surface area contributed by atoms with E-state index in [-0.39, 0.29) is 35.1 Å². The van der Waals surface area contributed by atoms with Crippen LogP contribution in [-0.4, -0.2) is 58.6 Å². The van der Waals surface area contributed by atoms with Gasteiger partial charge in [0.1, 0.15) is 23.9 Å². The Bertz CT molecular complexity index is 1010. The highest BCUT2D eigenvalue weighted by molar-refractivity contribution is 6.06. The van der Waals surface area contributed by atoms with Crippen LogP contribution in [0.1, 0.15) is 74.1 Å². The molecule has 8 nitrogen and oxygen atoms in total. The van der Waals surface area contributed by atoms with Gasteiger partial charge in [-0.1, -0.05) is 27.4 Å². The molecule has 0 unspecified atom stereocenters. The van der Waals surface area contributed by atoms with Crippen molar-refractivity contribution in [2.45, 2.75) is 110 Å². The molecule has 0 aromatic rings. The van der Waals surface area contributed by atoms with Crippen LogP contribution < -0.4 is 0 Å². The van der Waals surface area contributed by atoms with Gasteiger partial charge in [-0.15, -0.1) is 0 Å². The van der Waals surface area contributed by atoms with Gasteiger partial charge in [0, 0.05) is 37.2 Å². The quantitative estimate of drug-likeness (QED) is 0.465. The molecule has 2 bridgehead atoms. The Labute approximate surface area is 206 Å². The van der Waals surface area contributed by atoms with Gasteiger partial charge in [0.25, 0.3) is 0 Å². The van der Waals surface area contributed by atoms with Crippen molar-refractivity contribution in [3.05, 3.63) is 12.2 Å². The molecule has 5 aliphatic rings. The molecule has 5 fully saturated rings. The minimum absolute atomic E-state index is 0.00538. The zero-order chi connectivity index (χ0) is 25.9. The Morgan fingerprint density at radius 3 is 2.29 bits per heavy atom. The molecule has 0 aromatic carbocycles. The second-order valence-corrected chi connectivity index (χ2v) is 12.8. The van der Waals surface area contributed by atoms with Gasteiger partial charge in [0.15, 0.2) is 11.6 Å². The maximum atomic E-state index is 14.2. The summed E-state index contributed by atoms with van der Waals surface area (Å²) < 4.78 is 24.8. The van der Waals surface area contributed by atoms with Gasteiger partial charge in [0.05, 0.1) is 11.5 Å². The van der Waals surface area contributed by atoms with Crippen LogP contribution in [0, 0.1) is 28.1 Å². The van der Waals surface area contributed by atoms with Gasteiger partial charge in [-0.25, -0.2) is 0 Å². The molecule has 5 rings (SSSR count). The first-order valence-electron chi connectivity index (χ1n) is 12.7. The fourth-order valence-electron chi connectivity index (χ4n) is 8.99. The minimum Gasteiger partial charge on any atom is -0.462 e. The summed E-state index contributed by atoms with van der Waals surface area (Å²) in [5.74, 6) is -2.81. The van der Waals surface area contributed by atoms with Crippen LogP contribution >= 0.6 is 0 Å². The summed E-state index contributed by atoms with van der Waals surface area (Å²) in [5.41, 5.74) is -3.80. The van der Waals surface area contributed by atoms with Crippen LogP contribution in [0.4, 0.5) is 0 Å². The molecule has 8 heteroatoms. The Balaban J connectivity index is 1.80. The number of aliphatic hydroxyl groups is 1. The third-order valence-corrected chi connectivity index (χ3v) is 10.0. The second-order valence-electron chi connectivity index (χ2n) is 12.8. The van der Waals surface area contributed by atoms with Crippen molar-refractivity contribution in [2.75, 3.05) is 0 Å². The number of hydrogen-bond donors (Lipinski definition) is 1. The van der Waals surface area contributed by atoms with Crippen molar-refractivity contribution in [1.29, 1.82) is 0 Å². The number of ether oxygens (including phenoxy) is 4. The molecule has 1 aliphatic heterocycles. The largest absolute Gasteiger partial charge is 0.462 e. The van der Waals surface area contributed by atoms with Gasteiger partial charge < -0.3 is 24.1 Å². The van der Waals surface area contributed by atoms with Crippen molar-refractivity contribution >= 4 is 17.7 Å². The number of carbonyl (C=O) groups excluding carboxylic acids is 3. The predicted molar refractivity (Wildman–Crippen MR) is 124 cm³/mol. The molecular formula is C27H38O8. The van der Waals surface area contributed by atoms with E-state index in [1.54, 1.807) is 13.8 Å². The second kappa shape index (κ2) is 7.17. The first-order valence-corrected chi connectivity index (χ1v) is 12.7. The molecule has 9 atom stereocenters. The molecular weight excluding hydrogens is 452 g/mol. The lowest BCUT2D eigenvalue weighted by Crippen LogP contribution is -2.78. The van der Waals surface area contributed by atoms with Crippen LogP contribution in [0.15, 0.2) is 12.2 Å². The zero-order valence-corrected chi connectivity index (χ0v) is 21.8. The topological polar surface area (TPSA) is 108 Å². The van der Waals surface area contributed by atoms with E-state index in [4.69, 9.17) is 18.9 Å². The molecule has 4 aliphatic carbocycles. The van der Waals surface area contributed by atoms with E-state index in [9.17, 15) is 19.5 Å². The van der Waals surface area contributed by atoms with Crippen molar-refractivity contribution in [3.63, 3.8) is 0 Å². The molecule has 0 amide bonds. The van der Waals surface area contributed by atoms with Crippen LogP contribution in [0.25, 0.3) is 0 Å². The minimum atomic E-state index is -1.68. The number of hydrogen-bond acceptors (Lipinski definition) is 8. The molecule has 1 spiro atoms. The molecule has 1 saturated heterocycles. The lowest BCUT2D eigenvalue weighted by atomic mass is 9.38. The van der Waals surface area contributed by atoms with Gasteiger partial charge in [-0.05, 0) is 44.4 Å². The van der Waals surface area contributed by atoms with Gasteiger partial charge in [0.2, 0.25) is 0 Å². The fraction of sp³-hybridized carbons (Fsp3) is 0.815. The predicted octanol–water partition coefficient (Wildman–Crippen LogP) is 3.09. The van der Waals surface area contributed by atoms with E-state index < -0.39 is 58.5 Å². The van der Waals surface area contributed by atoms with Gasteiger partial charge in [-0.2, -0.15) is 0 Å². The SMILES string of the molecule is C=C1C(=O)[C@@]23[C@H]4OC(C)(C)O[C@@H]2C[C@@H]2C(C)(C)CC[C@@H](OC(C)=O)[C@@]2(C)[C@@H]3[C@@H](OC(C)=O)C[C@@]14O. The van der Waals surface area contributed by atoms with Crippen LogP contribution in [-0.2, 0) is 33.3 Å². The molecule has 1 N–H and O–H groups in total. The summed E-state index contributed by atoms with van der Waals surface area (Å²) in [5, 5.41) is 11.9. The summed E-state index contributed by atoms with van der Waals surface area (Å²) in [7, 11) is 0. The highest BCUT2D eigenvalue weighted by Gasteiger charge is 2.84. The summed E-state index contributed by atoms with van der Waals surface area (Å²) >= 11 is 0. The summed E-state index contributed by atoms with van der Waals surface area (Å²) in [6, 6.07) is 0. The van der Waals surface area contributed by atoms with Crippen LogP contribution in [0.5, 0.6) is 0 Å². The van der Waals surface area contributed by atoms with E-state index in [0.29, 0.717) is 12.8 Å². The molecule has 194 valence electrons. The highest BCUT2D eigenvalue weighted by atomic mass is 16.7. The lowest BCUT2D eigenvalue weighted by Gasteiger charge is -2.70. The van der Waals surface area contributed by atoms with Crippen molar-refractivity contribution in [2.24, 2.45) is 28.1 Å². The number of esters is 2. The third kappa shape index (κ3) is 2.99. The van der Waals surface area contributed by atoms with Crippen molar-refractivity contribution in [3.8, 4) is 0 Å². The third-order valence-electron chi connectivity index (χ3n) is 10.0. The van der Waals surface area contributed by atoms with Crippen LogP contribution in [0.3, 0.4) is 0 Å². The number of rotatable bonds is 2. The van der Waals surface area contributed by atoms with Gasteiger partial charge >= 0.3 is 11.9 Å². The normalized spacial score (nSPS) is 49.0. The maximum Gasteiger partial charge on any atom is 0.302 e. The van der Waals surface area contributed by atoms with E-state index in [1.807, 2.05) is 0 Å². The first kappa shape index (κ1) is 24.9. The standard InChI is InChI=1S/C27H38O8/c1-13-21(30)27-19-11-17-23(4,5)10-9-18(33-15(3)29)25(17,8)20(27)16(32-14(2)28)12-26(13,31)22(27)35-24(6,7)34-19/h16-20,22,31H,1,9-12H2,2-8H3/t16-,17+,18+,19+,20-,22-,25-,26+,27+/m0/s1. The van der Waals surface area contributed by atoms with E-state index in [0.717, 1.165) is 6.42 Å².